The van der Waals surface area contributed by atoms with Gasteiger partial charge < -0.3 is 14.0 Å². The maximum Gasteiger partial charge on any atom is 0.256 e. The molecule has 1 atom stereocenters. The van der Waals surface area contributed by atoms with E-state index in [0.29, 0.717) is 50.8 Å². The Morgan fingerprint density at radius 3 is 2.57 bits per heavy atom. The fraction of sp³-hybridized carbons (Fsp3) is 0.469. The second-order valence-corrected chi connectivity index (χ2v) is 11.4. The summed E-state index contributed by atoms with van der Waals surface area (Å²) in [6.07, 6.45) is 2.86. The van der Waals surface area contributed by atoms with Crippen LogP contribution >= 0.6 is 11.9 Å². The molecule has 10 heteroatoms. The zero-order valence-electron chi connectivity index (χ0n) is 25.5. The Morgan fingerprint density at radius 1 is 1.12 bits per heavy atom. The third-order valence-electron chi connectivity index (χ3n) is 7.72. The van der Waals surface area contributed by atoms with E-state index < -0.39 is 5.54 Å². The van der Waals surface area contributed by atoms with Crippen molar-refractivity contribution in [1.29, 1.82) is 0 Å². The third-order valence-corrected chi connectivity index (χ3v) is 8.62. The molecule has 1 aromatic heterocycles. The number of aryl methyl sites for hydroxylation is 1. The first kappa shape index (κ1) is 31.7. The summed E-state index contributed by atoms with van der Waals surface area (Å²) in [5, 5.41) is 14.9. The standard InChI is InChI=1S/C32H42N4O5S/c1-7-12-29-33-32(8-2,17-18-39-6)31(37)35(29)20-24-15-16-26(25(19-24)21-40-9-3)27-13-10-11-14-28(27)42-36(38)30-22(4)23(5)41-34-30/h10-11,13-16,19,38H,7-9,12,17-18,20-21H2,1-6H3. The number of rotatable bonds is 15. The highest BCUT2D eigenvalue weighted by atomic mass is 32.2. The van der Waals surface area contributed by atoms with Crippen LogP contribution in [0.4, 0.5) is 5.82 Å². The van der Waals surface area contributed by atoms with E-state index in [2.05, 4.69) is 30.3 Å². The van der Waals surface area contributed by atoms with Crippen LogP contribution in [0, 0.1) is 13.8 Å². The Labute approximate surface area is 253 Å². The van der Waals surface area contributed by atoms with Gasteiger partial charge in [-0.2, -0.15) is 4.47 Å². The van der Waals surface area contributed by atoms with E-state index in [0.717, 1.165) is 55.9 Å². The second-order valence-electron chi connectivity index (χ2n) is 10.5. The number of benzene rings is 2. The minimum atomic E-state index is -0.762. The first-order valence-corrected chi connectivity index (χ1v) is 15.3. The molecule has 0 saturated carbocycles. The van der Waals surface area contributed by atoms with E-state index in [4.69, 9.17) is 19.0 Å². The number of nitrogens with zero attached hydrogens (tertiary/aromatic N) is 4. The fourth-order valence-corrected chi connectivity index (χ4v) is 6.01. The SMILES string of the molecule is CCCC1=NC(CC)(CCOC)C(=O)N1Cc1ccc(-c2ccccc2SN(O)c2noc(C)c2C)c(COCC)c1. The molecular weight excluding hydrogens is 552 g/mol. The van der Waals surface area contributed by atoms with Crippen molar-refractivity contribution in [2.45, 2.75) is 83.9 Å². The van der Waals surface area contributed by atoms with E-state index in [1.807, 2.05) is 56.9 Å². The molecule has 42 heavy (non-hydrogen) atoms. The molecule has 3 aromatic rings. The molecule has 0 saturated heterocycles. The van der Waals surface area contributed by atoms with Gasteiger partial charge in [-0.3, -0.25) is 19.9 Å². The summed E-state index contributed by atoms with van der Waals surface area (Å²) in [6, 6.07) is 14.2. The molecule has 226 valence electrons. The largest absolute Gasteiger partial charge is 0.385 e. The molecule has 1 unspecified atom stereocenters. The average Bonchev–Trinajstić information content (AvgIpc) is 3.46. The molecular formula is C32H42N4O5S. The summed E-state index contributed by atoms with van der Waals surface area (Å²) in [4.78, 5) is 21.5. The Balaban J connectivity index is 1.66. The van der Waals surface area contributed by atoms with Gasteiger partial charge in [-0.05, 0) is 61.9 Å². The smallest absolute Gasteiger partial charge is 0.256 e. The average molecular weight is 595 g/mol. The van der Waals surface area contributed by atoms with Crippen molar-refractivity contribution in [3.63, 3.8) is 0 Å². The number of ether oxygens (including phenoxy) is 2. The van der Waals surface area contributed by atoms with Gasteiger partial charge in [0.15, 0.2) is 0 Å². The van der Waals surface area contributed by atoms with Crippen LogP contribution < -0.4 is 4.47 Å². The lowest BCUT2D eigenvalue weighted by molar-refractivity contribution is -0.132. The summed E-state index contributed by atoms with van der Waals surface area (Å²) in [5.41, 5.74) is 3.97. The predicted molar refractivity (Wildman–Crippen MR) is 166 cm³/mol. The minimum Gasteiger partial charge on any atom is -0.385 e. The molecule has 0 fully saturated rings. The highest BCUT2D eigenvalue weighted by Gasteiger charge is 2.46. The molecule has 1 amide bonds. The molecule has 0 radical (unpaired) electrons. The summed E-state index contributed by atoms with van der Waals surface area (Å²) in [5.74, 6) is 1.92. The van der Waals surface area contributed by atoms with Crippen LogP contribution in [0.5, 0.6) is 0 Å². The highest BCUT2D eigenvalue weighted by molar-refractivity contribution is 8.00. The van der Waals surface area contributed by atoms with Crippen molar-refractivity contribution in [3.05, 3.63) is 64.9 Å². The van der Waals surface area contributed by atoms with Crippen molar-refractivity contribution in [2.75, 3.05) is 24.8 Å². The van der Waals surface area contributed by atoms with Gasteiger partial charge in [-0.25, -0.2) is 0 Å². The minimum absolute atomic E-state index is 0.0455. The Kier molecular flexibility index (Phi) is 10.8. The van der Waals surface area contributed by atoms with Crippen molar-refractivity contribution in [2.24, 2.45) is 4.99 Å². The molecule has 2 aromatic carbocycles. The molecule has 0 bridgehead atoms. The van der Waals surface area contributed by atoms with E-state index in [1.54, 1.807) is 7.11 Å². The Morgan fingerprint density at radius 2 is 1.90 bits per heavy atom. The Bertz CT molecular complexity index is 1410. The molecule has 1 N–H and O–H groups in total. The Hall–Kier alpha value is -3.18. The van der Waals surface area contributed by atoms with Crippen LogP contribution in [0.1, 0.15) is 68.9 Å². The molecule has 0 spiro atoms. The van der Waals surface area contributed by atoms with Gasteiger partial charge in [-0.1, -0.05) is 55.4 Å². The number of carbonyl (C=O) groups excluding carboxylic acids is 1. The topological polar surface area (TPSA) is 101 Å². The number of amidine groups is 1. The number of amides is 1. The van der Waals surface area contributed by atoms with Gasteiger partial charge in [0, 0.05) is 55.6 Å². The second kappa shape index (κ2) is 14.3. The summed E-state index contributed by atoms with van der Waals surface area (Å²) in [6.45, 7) is 11.7. The number of anilines is 1. The summed E-state index contributed by atoms with van der Waals surface area (Å²) in [7, 11) is 1.66. The highest BCUT2D eigenvalue weighted by Crippen LogP contribution is 2.38. The molecule has 4 rings (SSSR count). The summed E-state index contributed by atoms with van der Waals surface area (Å²) >= 11 is 1.17. The zero-order chi connectivity index (χ0) is 30.3. The van der Waals surface area contributed by atoms with E-state index in [9.17, 15) is 10.0 Å². The zero-order valence-corrected chi connectivity index (χ0v) is 26.3. The first-order valence-electron chi connectivity index (χ1n) is 14.6. The lowest BCUT2D eigenvalue weighted by atomic mass is 9.92. The number of hydrogen-bond donors (Lipinski definition) is 1. The van der Waals surface area contributed by atoms with Crippen LogP contribution in [0.3, 0.4) is 0 Å². The van der Waals surface area contributed by atoms with Crippen molar-refractivity contribution >= 4 is 29.5 Å². The van der Waals surface area contributed by atoms with Crippen LogP contribution in [-0.4, -0.2) is 52.9 Å². The number of hydrogen-bond acceptors (Lipinski definition) is 9. The van der Waals surface area contributed by atoms with E-state index in [-0.39, 0.29) is 5.91 Å². The number of aliphatic imine (C=N–C) groups is 1. The van der Waals surface area contributed by atoms with Crippen molar-refractivity contribution in [1.82, 2.24) is 10.1 Å². The number of aromatic nitrogens is 1. The third kappa shape index (κ3) is 6.72. The predicted octanol–water partition coefficient (Wildman–Crippen LogP) is 7.12. The fourth-order valence-electron chi connectivity index (χ4n) is 5.15. The maximum absolute atomic E-state index is 13.8. The molecule has 9 nitrogen and oxygen atoms in total. The molecule has 0 aliphatic carbocycles. The van der Waals surface area contributed by atoms with Crippen LogP contribution in [0.15, 0.2) is 56.9 Å². The number of methoxy groups -OCH3 is 1. The lowest BCUT2D eigenvalue weighted by Gasteiger charge is -2.25. The summed E-state index contributed by atoms with van der Waals surface area (Å²) < 4.78 is 17.5. The van der Waals surface area contributed by atoms with Gasteiger partial charge in [-0.15, -0.1) is 0 Å². The molecule has 1 aliphatic rings. The normalized spacial score (nSPS) is 16.8. The van der Waals surface area contributed by atoms with Gasteiger partial charge >= 0.3 is 0 Å². The lowest BCUT2D eigenvalue weighted by Crippen LogP contribution is -2.42. The van der Waals surface area contributed by atoms with E-state index in [1.165, 1.54) is 11.9 Å². The number of carbonyl (C=O) groups is 1. The van der Waals surface area contributed by atoms with E-state index >= 15 is 0 Å². The van der Waals surface area contributed by atoms with Gasteiger partial charge in [0.05, 0.1) is 13.2 Å². The molecule has 2 heterocycles. The van der Waals surface area contributed by atoms with Crippen molar-refractivity contribution < 1.29 is 24.0 Å². The first-order chi connectivity index (χ1) is 20.3. The molecule has 1 aliphatic heterocycles. The van der Waals surface area contributed by atoms with Gasteiger partial charge in [0.2, 0.25) is 5.82 Å². The van der Waals surface area contributed by atoms with Crippen LogP contribution in [0.25, 0.3) is 11.1 Å². The monoisotopic (exact) mass is 594 g/mol. The quantitative estimate of drug-likeness (QED) is 0.147. The maximum atomic E-state index is 13.8. The van der Waals surface area contributed by atoms with Crippen LogP contribution in [0.2, 0.25) is 0 Å². The van der Waals surface area contributed by atoms with Gasteiger partial charge in [0.1, 0.15) is 17.1 Å². The van der Waals surface area contributed by atoms with Crippen molar-refractivity contribution in [3.8, 4) is 11.1 Å². The van der Waals surface area contributed by atoms with Gasteiger partial charge in [0.25, 0.3) is 5.91 Å². The van der Waals surface area contributed by atoms with Crippen LogP contribution in [-0.2, 0) is 27.4 Å².